The molecule has 0 bridgehead atoms. The average molecular weight is 199 g/mol. The minimum absolute atomic E-state index is 0.0628. The summed E-state index contributed by atoms with van der Waals surface area (Å²) < 4.78 is 0. The van der Waals surface area contributed by atoms with Crippen molar-refractivity contribution in [2.45, 2.75) is 18.9 Å². The van der Waals surface area contributed by atoms with Gasteiger partial charge in [-0.05, 0) is 12.8 Å². The van der Waals surface area contributed by atoms with Crippen molar-refractivity contribution in [2.24, 2.45) is 0 Å². The van der Waals surface area contributed by atoms with Crippen LogP contribution in [0.2, 0.25) is 0 Å². The number of carboxylic acids is 1. The average Bonchev–Trinajstić information content (AvgIpc) is 2.61. The highest BCUT2D eigenvalue weighted by Gasteiger charge is 2.26. The van der Waals surface area contributed by atoms with Crippen molar-refractivity contribution in [3.05, 3.63) is 12.2 Å². The van der Waals surface area contributed by atoms with Gasteiger partial charge in [0.2, 0.25) is 5.91 Å². The van der Waals surface area contributed by atoms with Crippen LogP contribution in [0.4, 0.5) is 0 Å². The van der Waals surface area contributed by atoms with Crippen LogP contribution in [0.5, 0.6) is 0 Å². The third-order valence-electron chi connectivity index (χ3n) is 2.24. The number of aliphatic hydroxyl groups excluding tert-OH is 1. The lowest BCUT2D eigenvalue weighted by molar-refractivity contribution is -0.132. The Labute approximate surface area is 81.6 Å². The van der Waals surface area contributed by atoms with E-state index in [0.29, 0.717) is 6.54 Å². The Morgan fingerprint density at radius 2 is 2.14 bits per heavy atom. The van der Waals surface area contributed by atoms with E-state index in [9.17, 15) is 9.59 Å². The molecule has 0 aliphatic carbocycles. The number of rotatable bonds is 3. The van der Waals surface area contributed by atoms with Gasteiger partial charge in [-0.15, -0.1) is 0 Å². The first-order valence-electron chi connectivity index (χ1n) is 4.47. The maximum absolute atomic E-state index is 11.4. The molecule has 1 heterocycles. The molecule has 1 rings (SSSR count). The molecule has 0 saturated carbocycles. The van der Waals surface area contributed by atoms with Crippen molar-refractivity contribution >= 4 is 11.9 Å². The quantitative estimate of drug-likeness (QED) is 0.607. The van der Waals surface area contributed by atoms with Crippen LogP contribution in [-0.4, -0.2) is 46.2 Å². The van der Waals surface area contributed by atoms with Crippen LogP contribution in [0.3, 0.4) is 0 Å². The van der Waals surface area contributed by atoms with Gasteiger partial charge in [0.15, 0.2) is 0 Å². The molecule has 14 heavy (non-hydrogen) atoms. The van der Waals surface area contributed by atoms with Gasteiger partial charge in [0.1, 0.15) is 0 Å². The number of nitrogens with zero attached hydrogens (tertiary/aromatic N) is 1. The standard InChI is InChI=1S/C9H13NO4/c11-6-7-2-1-5-10(7)8(12)3-4-9(13)14/h3-4,7,11H,1-2,5-6H2,(H,13,14)/b4-3+/t7-/m0/s1. The number of carboxylic acid groups (broad SMARTS) is 1. The zero-order valence-electron chi connectivity index (χ0n) is 7.72. The maximum Gasteiger partial charge on any atom is 0.328 e. The Kier molecular flexibility index (Phi) is 3.64. The molecule has 1 atom stereocenters. The first-order chi connectivity index (χ1) is 6.65. The lowest BCUT2D eigenvalue weighted by Crippen LogP contribution is -2.36. The van der Waals surface area contributed by atoms with Crippen LogP contribution < -0.4 is 0 Å². The highest BCUT2D eigenvalue weighted by molar-refractivity contribution is 5.94. The third kappa shape index (κ3) is 2.56. The summed E-state index contributed by atoms with van der Waals surface area (Å²) in [6, 6.07) is -0.152. The van der Waals surface area contributed by atoms with Crippen LogP contribution in [0.25, 0.3) is 0 Å². The maximum atomic E-state index is 11.4. The molecular weight excluding hydrogens is 186 g/mol. The normalized spacial score (nSPS) is 21.8. The summed E-state index contributed by atoms with van der Waals surface area (Å²) in [6.07, 6.45) is 3.48. The Morgan fingerprint density at radius 1 is 1.43 bits per heavy atom. The van der Waals surface area contributed by atoms with Crippen LogP contribution in [0.1, 0.15) is 12.8 Å². The monoisotopic (exact) mass is 199 g/mol. The summed E-state index contributed by atoms with van der Waals surface area (Å²) >= 11 is 0. The molecule has 5 heteroatoms. The topological polar surface area (TPSA) is 77.8 Å². The fourth-order valence-corrected chi connectivity index (χ4v) is 1.55. The van der Waals surface area contributed by atoms with Crippen molar-refractivity contribution in [1.29, 1.82) is 0 Å². The Bertz CT molecular complexity index is 262. The van der Waals surface area contributed by atoms with Gasteiger partial charge in [-0.2, -0.15) is 0 Å². The summed E-state index contributed by atoms with van der Waals surface area (Å²) in [7, 11) is 0. The molecule has 78 valence electrons. The molecule has 5 nitrogen and oxygen atoms in total. The summed E-state index contributed by atoms with van der Waals surface area (Å²) in [5, 5.41) is 17.2. The molecule has 0 radical (unpaired) electrons. The van der Waals surface area contributed by atoms with E-state index in [1.165, 1.54) is 4.90 Å². The van der Waals surface area contributed by atoms with Crippen molar-refractivity contribution < 1.29 is 19.8 Å². The summed E-state index contributed by atoms with van der Waals surface area (Å²) in [6.45, 7) is 0.528. The van der Waals surface area contributed by atoms with E-state index < -0.39 is 5.97 Å². The second-order valence-corrected chi connectivity index (χ2v) is 3.18. The van der Waals surface area contributed by atoms with Gasteiger partial charge in [-0.3, -0.25) is 4.79 Å². The van der Waals surface area contributed by atoms with Crippen molar-refractivity contribution in [2.75, 3.05) is 13.2 Å². The number of likely N-dealkylation sites (tertiary alicyclic amines) is 1. The van der Waals surface area contributed by atoms with Crippen LogP contribution >= 0.6 is 0 Å². The summed E-state index contributed by atoms with van der Waals surface area (Å²) in [5.41, 5.74) is 0. The first kappa shape index (κ1) is 10.7. The lowest BCUT2D eigenvalue weighted by atomic mass is 10.2. The van der Waals surface area contributed by atoms with Crippen molar-refractivity contribution in [3.8, 4) is 0 Å². The highest BCUT2D eigenvalue weighted by atomic mass is 16.4. The number of aliphatic hydroxyl groups is 1. The van der Waals surface area contributed by atoms with E-state index in [1.807, 2.05) is 0 Å². The van der Waals surface area contributed by atoms with Gasteiger partial charge in [0, 0.05) is 18.7 Å². The minimum atomic E-state index is -1.14. The molecule has 0 spiro atoms. The molecule has 0 aromatic rings. The van der Waals surface area contributed by atoms with Gasteiger partial charge in [0.05, 0.1) is 12.6 Å². The summed E-state index contributed by atoms with van der Waals surface area (Å²) in [4.78, 5) is 23.0. The Hall–Kier alpha value is -1.36. The molecule has 1 aliphatic rings. The van der Waals surface area contributed by atoms with E-state index in [0.717, 1.165) is 25.0 Å². The minimum Gasteiger partial charge on any atom is -0.478 e. The predicted octanol–water partition coefficient (Wildman–Crippen LogP) is -0.390. The Balaban J connectivity index is 2.55. The first-order valence-corrected chi connectivity index (χ1v) is 4.47. The van der Waals surface area contributed by atoms with Gasteiger partial charge >= 0.3 is 5.97 Å². The Morgan fingerprint density at radius 3 is 2.71 bits per heavy atom. The molecule has 1 aliphatic heterocycles. The van der Waals surface area contributed by atoms with Crippen LogP contribution in [-0.2, 0) is 9.59 Å². The molecule has 1 saturated heterocycles. The van der Waals surface area contributed by atoms with Gasteiger partial charge in [-0.25, -0.2) is 4.79 Å². The van der Waals surface area contributed by atoms with E-state index >= 15 is 0 Å². The van der Waals surface area contributed by atoms with Crippen molar-refractivity contribution in [1.82, 2.24) is 4.90 Å². The fourth-order valence-electron chi connectivity index (χ4n) is 1.55. The zero-order valence-corrected chi connectivity index (χ0v) is 7.72. The van der Waals surface area contributed by atoms with E-state index in [4.69, 9.17) is 10.2 Å². The van der Waals surface area contributed by atoms with Crippen molar-refractivity contribution in [3.63, 3.8) is 0 Å². The SMILES string of the molecule is O=C(O)/C=C/C(=O)N1CCC[C@H]1CO. The number of carbonyl (C=O) groups is 2. The molecular formula is C9H13NO4. The third-order valence-corrected chi connectivity index (χ3v) is 2.24. The van der Waals surface area contributed by atoms with Gasteiger partial charge in [-0.1, -0.05) is 0 Å². The predicted molar refractivity (Wildman–Crippen MR) is 48.6 cm³/mol. The molecule has 1 fully saturated rings. The van der Waals surface area contributed by atoms with Gasteiger partial charge in [0.25, 0.3) is 0 Å². The molecule has 0 aromatic heterocycles. The smallest absolute Gasteiger partial charge is 0.328 e. The zero-order chi connectivity index (χ0) is 10.6. The molecule has 2 N–H and O–H groups in total. The van der Waals surface area contributed by atoms with E-state index in [-0.39, 0.29) is 18.6 Å². The highest BCUT2D eigenvalue weighted by Crippen LogP contribution is 2.16. The largest absolute Gasteiger partial charge is 0.478 e. The number of aliphatic carboxylic acids is 1. The molecule has 0 aromatic carbocycles. The number of hydrogen-bond donors (Lipinski definition) is 2. The van der Waals surface area contributed by atoms with E-state index in [1.54, 1.807) is 0 Å². The lowest BCUT2D eigenvalue weighted by Gasteiger charge is -2.20. The van der Waals surface area contributed by atoms with Crippen LogP contribution in [0, 0.1) is 0 Å². The number of carbonyl (C=O) groups excluding carboxylic acids is 1. The summed E-state index contributed by atoms with van der Waals surface area (Å²) in [5.74, 6) is -1.48. The molecule has 0 unspecified atom stereocenters. The molecule has 1 amide bonds. The second kappa shape index (κ2) is 4.76. The van der Waals surface area contributed by atoms with E-state index in [2.05, 4.69) is 0 Å². The second-order valence-electron chi connectivity index (χ2n) is 3.18. The van der Waals surface area contributed by atoms with Crippen LogP contribution in [0.15, 0.2) is 12.2 Å². The van der Waals surface area contributed by atoms with Gasteiger partial charge < -0.3 is 15.1 Å². The number of hydrogen-bond acceptors (Lipinski definition) is 3. The number of amides is 1. The fraction of sp³-hybridized carbons (Fsp3) is 0.556.